The Labute approximate surface area is 152 Å². The van der Waals surface area contributed by atoms with Gasteiger partial charge in [-0.3, -0.25) is 4.79 Å². The van der Waals surface area contributed by atoms with Gasteiger partial charge in [0.2, 0.25) is 0 Å². The summed E-state index contributed by atoms with van der Waals surface area (Å²) < 4.78 is 6.57. The van der Waals surface area contributed by atoms with Gasteiger partial charge in [-0.15, -0.1) is 0 Å². The van der Waals surface area contributed by atoms with Crippen molar-refractivity contribution < 1.29 is 9.21 Å². The van der Waals surface area contributed by atoms with Crippen molar-refractivity contribution in [3.05, 3.63) is 81.5 Å². The van der Waals surface area contributed by atoms with Crippen molar-refractivity contribution >= 4 is 39.7 Å². The summed E-state index contributed by atoms with van der Waals surface area (Å²) in [5.41, 5.74) is 3.78. The van der Waals surface area contributed by atoms with Gasteiger partial charge in [-0.25, -0.2) is 5.43 Å². The minimum absolute atomic E-state index is 0.295. The van der Waals surface area contributed by atoms with Gasteiger partial charge in [0.15, 0.2) is 0 Å². The van der Waals surface area contributed by atoms with Crippen LogP contribution in [0.3, 0.4) is 0 Å². The highest BCUT2D eigenvalue weighted by atomic mass is 79.9. The van der Waals surface area contributed by atoms with Crippen LogP contribution >= 0.6 is 27.5 Å². The Kier molecular flexibility index (Phi) is 5.13. The molecule has 3 aromatic rings. The lowest BCUT2D eigenvalue weighted by molar-refractivity contribution is 0.0955. The van der Waals surface area contributed by atoms with Gasteiger partial charge in [-0.05, 0) is 48.5 Å². The molecule has 1 heterocycles. The molecule has 6 heteroatoms. The second-order valence-corrected chi connectivity index (χ2v) is 6.21. The minimum Gasteiger partial charge on any atom is -0.455 e. The van der Waals surface area contributed by atoms with E-state index in [2.05, 4.69) is 26.5 Å². The zero-order chi connectivity index (χ0) is 16.9. The number of rotatable bonds is 4. The van der Waals surface area contributed by atoms with Crippen LogP contribution < -0.4 is 5.43 Å². The SMILES string of the molecule is O=C(N/N=C/c1ccc(-c2ccccc2Cl)o1)c1ccc(Br)cc1. The summed E-state index contributed by atoms with van der Waals surface area (Å²) >= 11 is 9.46. The first kappa shape index (κ1) is 16.5. The highest BCUT2D eigenvalue weighted by Gasteiger charge is 2.07. The lowest BCUT2D eigenvalue weighted by Gasteiger charge is -2.00. The molecule has 2 aromatic carbocycles. The number of carbonyl (C=O) groups excluding carboxylic acids is 1. The molecule has 0 aliphatic carbocycles. The van der Waals surface area contributed by atoms with Crippen LogP contribution in [0.15, 0.2) is 74.7 Å². The number of carbonyl (C=O) groups is 1. The number of hydrogen-bond acceptors (Lipinski definition) is 3. The number of halogens is 2. The third-order valence-electron chi connectivity index (χ3n) is 3.23. The quantitative estimate of drug-likeness (QED) is 0.485. The maximum atomic E-state index is 11.9. The predicted molar refractivity (Wildman–Crippen MR) is 98.4 cm³/mol. The third-order valence-corrected chi connectivity index (χ3v) is 4.09. The molecule has 0 fully saturated rings. The highest BCUT2D eigenvalue weighted by molar-refractivity contribution is 9.10. The first-order valence-electron chi connectivity index (χ1n) is 7.07. The molecule has 3 rings (SSSR count). The molecule has 4 nitrogen and oxygen atoms in total. The molecule has 1 N–H and O–H groups in total. The molecule has 0 atom stereocenters. The van der Waals surface area contributed by atoms with Crippen molar-refractivity contribution in [3.63, 3.8) is 0 Å². The number of amides is 1. The standard InChI is InChI=1S/C18H12BrClN2O2/c19-13-7-5-12(6-8-13)18(23)22-21-11-14-9-10-17(24-14)15-3-1-2-4-16(15)20/h1-11H,(H,22,23)/b21-11+. The average molecular weight is 404 g/mol. The fourth-order valence-electron chi connectivity index (χ4n) is 2.05. The number of nitrogens with one attached hydrogen (secondary N) is 1. The van der Waals surface area contributed by atoms with Crippen LogP contribution in [0.4, 0.5) is 0 Å². The lowest BCUT2D eigenvalue weighted by atomic mass is 10.2. The van der Waals surface area contributed by atoms with Crippen molar-refractivity contribution in [2.45, 2.75) is 0 Å². The molecule has 120 valence electrons. The summed E-state index contributed by atoms with van der Waals surface area (Å²) in [6, 6.07) is 18.0. The average Bonchev–Trinajstić information content (AvgIpc) is 3.04. The van der Waals surface area contributed by atoms with Gasteiger partial charge in [-0.1, -0.05) is 39.7 Å². The van der Waals surface area contributed by atoms with Gasteiger partial charge in [0, 0.05) is 15.6 Å². The smallest absolute Gasteiger partial charge is 0.271 e. The fraction of sp³-hybridized carbons (Fsp3) is 0. The summed E-state index contributed by atoms with van der Waals surface area (Å²) in [4.78, 5) is 11.9. The molecule has 0 aliphatic rings. The van der Waals surface area contributed by atoms with Crippen LogP contribution in [0.25, 0.3) is 11.3 Å². The van der Waals surface area contributed by atoms with Gasteiger partial charge < -0.3 is 4.42 Å². The second-order valence-electron chi connectivity index (χ2n) is 4.89. The summed E-state index contributed by atoms with van der Waals surface area (Å²) in [6.07, 6.45) is 1.44. The van der Waals surface area contributed by atoms with Crippen LogP contribution in [0, 0.1) is 0 Å². The molecule has 0 aliphatic heterocycles. The van der Waals surface area contributed by atoms with E-state index in [0.29, 0.717) is 22.1 Å². The van der Waals surface area contributed by atoms with E-state index < -0.39 is 0 Å². The number of hydrazone groups is 1. The molecular formula is C18H12BrClN2O2. The van der Waals surface area contributed by atoms with E-state index in [1.165, 1.54) is 6.21 Å². The Morgan fingerprint density at radius 3 is 2.58 bits per heavy atom. The van der Waals surface area contributed by atoms with E-state index in [1.54, 1.807) is 42.5 Å². The van der Waals surface area contributed by atoms with Crippen LogP contribution in [-0.2, 0) is 0 Å². The summed E-state index contributed by atoms with van der Waals surface area (Å²) in [7, 11) is 0. The van der Waals surface area contributed by atoms with Gasteiger partial charge in [-0.2, -0.15) is 5.10 Å². The summed E-state index contributed by atoms with van der Waals surface area (Å²) in [6.45, 7) is 0. The molecule has 0 saturated heterocycles. The minimum atomic E-state index is -0.295. The Morgan fingerprint density at radius 1 is 1.08 bits per heavy atom. The Bertz CT molecular complexity index is 888. The van der Waals surface area contributed by atoms with Gasteiger partial charge in [0.1, 0.15) is 11.5 Å². The molecule has 0 unspecified atom stereocenters. The maximum absolute atomic E-state index is 11.9. The van der Waals surface area contributed by atoms with E-state index in [1.807, 2.05) is 18.2 Å². The molecule has 0 spiro atoms. The van der Waals surface area contributed by atoms with Crippen molar-refractivity contribution in [3.8, 4) is 11.3 Å². The van der Waals surface area contributed by atoms with E-state index >= 15 is 0 Å². The number of nitrogens with zero attached hydrogens (tertiary/aromatic N) is 1. The van der Waals surface area contributed by atoms with Gasteiger partial charge in [0.05, 0.1) is 11.2 Å². The highest BCUT2D eigenvalue weighted by Crippen LogP contribution is 2.28. The Morgan fingerprint density at radius 2 is 1.83 bits per heavy atom. The zero-order valence-electron chi connectivity index (χ0n) is 12.4. The monoisotopic (exact) mass is 402 g/mol. The molecule has 0 radical (unpaired) electrons. The number of hydrogen-bond donors (Lipinski definition) is 1. The predicted octanol–water partition coefficient (Wildman–Crippen LogP) is 5.13. The Hall–Kier alpha value is -2.37. The molecule has 24 heavy (non-hydrogen) atoms. The van der Waals surface area contributed by atoms with Crippen LogP contribution in [0.5, 0.6) is 0 Å². The molecular weight excluding hydrogens is 392 g/mol. The number of benzene rings is 2. The Balaban J connectivity index is 1.66. The van der Waals surface area contributed by atoms with E-state index in [4.69, 9.17) is 16.0 Å². The van der Waals surface area contributed by atoms with Gasteiger partial charge >= 0.3 is 0 Å². The van der Waals surface area contributed by atoms with Crippen LogP contribution in [0.1, 0.15) is 16.1 Å². The van der Waals surface area contributed by atoms with Crippen LogP contribution in [-0.4, -0.2) is 12.1 Å². The molecule has 1 aromatic heterocycles. The summed E-state index contributed by atoms with van der Waals surface area (Å²) in [5.74, 6) is 0.860. The van der Waals surface area contributed by atoms with Crippen molar-refractivity contribution in [2.24, 2.45) is 5.10 Å². The van der Waals surface area contributed by atoms with Crippen molar-refractivity contribution in [2.75, 3.05) is 0 Å². The summed E-state index contributed by atoms with van der Waals surface area (Å²) in [5, 5.41) is 4.52. The zero-order valence-corrected chi connectivity index (χ0v) is 14.7. The second kappa shape index (κ2) is 7.47. The normalized spacial score (nSPS) is 10.9. The third kappa shape index (κ3) is 3.93. The fourth-order valence-corrected chi connectivity index (χ4v) is 2.54. The first-order valence-corrected chi connectivity index (χ1v) is 8.24. The van der Waals surface area contributed by atoms with E-state index in [0.717, 1.165) is 10.0 Å². The van der Waals surface area contributed by atoms with E-state index in [-0.39, 0.29) is 5.91 Å². The van der Waals surface area contributed by atoms with Crippen molar-refractivity contribution in [1.82, 2.24) is 5.43 Å². The molecule has 0 saturated carbocycles. The molecule has 0 bridgehead atoms. The largest absolute Gasteiger partial charge is 0.455 e. The van der Waals surface area contributed by atoms with E-state index in [9.17, 15) is 4.79 Å². The van der Waals surface area contributed by atoms with Gasteiger partial charge in [0.25, 0.3) is 5.91 Å². The van der Waals surface area contributed by atoms with Crippen LogP contribution in [0.2, 0.25) is 5.02 Å². The topological polar surface area (TPSA) is 54.6 Å². The van der Waals surface area contributed by atoms with Crippen molar-refractivity contribution in [1.29, 1.82) is 0 Å². The number of furan rings is 1. The first-order chi connectivity index (χ1) is 11.6. The molecule has 1 amide bonds. The maximum Gasteiger partial charge on any atom is 0.271 e. The lowest BCUT2D eigenvalue weighted by Crippen LogP contribution is -2.17.